The fraction of sp³-hybridized carbons (Fsp3) is 0.222. The fourth-order valence-electron chi connectivity index (χ4n) is 3.93. The van der Waals surface area contributed by atoms with Crippen molar-refractivity contribution in [1.29, 1.82) is 0 Å². The molecule has 1 amide bonds. The number of nitrogens with zero attached hydrogens (tertiary/aromatic N) is 2. The Morgan fingerprint density at radius 2 is 1.44 bits per heavy atom. The monoisotopic (exact) mass is 508 g/mol. The van der Waals surface area contributed by atoms with Crippen LogP contribution in [0.5, 0.6) is 17.2 Å². The zero-order chi connectivity index (χ0) is 25.7. The number of ether oxygens (including phenoxy) is 3. The highest BCUT2D eigenvalue weighted by Crippen LogP contribution is 2.28. The molecule has 1 fully saturated rings. The Morgan fingerprint density at radius 3 is 2.03 bits per heavy atom. The van der Waals surface area contributed by atoms with E-state index in [9.17, 15) is 14.0 Å². The number of hydrogen-bond donors (Lipinski definition) is 0. The Balaban J connectivity index is 1.53. The summed E-state index contributed by atoms with van der Waals surface area (Å²) in [5.74, 6) is 0.351. The van der Waals surface area contributed by atoms with Crippen molar-refractivity contribution in [2.45, 2.75) is 18.9 Å². The second-order valence-corrected chi connectivity index (χ2v) is 8.46. The van der Waals surface area contributed by atoms with E-state index in [-0.39, 0.29) is 17.4 Å². The van der Waals surface area contributed by atoms with Gasteiger partial charge in [-0.15, -0.1) is 0 Å². The number of carbonyl (C=O) groups excluding carboxylic acids is 2. The summed E-state index contributed by atoms with van der Waals surface area (Å²) in [5.41, 5.74) is 1.46. The molecule has 1 saturated heterocycles. The standard InChI is InChI=1S/C27H25FN2O5S/c1-33-21-9-3-18(4-10-21)15-16-29-24(17-25(31)35-23-13-11-22(34-2)12-14-23)26(32)30(27(29)36)20-7-5-19(28)6-8-20/h3-14,24H,15-17H2,1-2H3. The minimum Gasteiger partial charge on any atom is -0.497 e. The van der Waals surface area contributed by atoms with Gasteiger partial charge in [0.05, 0.1) is 26.3 Å². The van der Waals surface area contributed by atoms with Gasteiger partial charge in [-0.25, -0.2) is 4.39 Å². The molecule has 0 N–H and O–H groups in total. The molecule has 0 saturated carbocycles. The van der Waals surface area contributed by atoms with Crippen LogP contribution in [0.3, 0.4) is 0 Å². The summed E-state index contributed by atoms with van der Waals surface area (Å²) in [7, 11) is 3.14. The number of benzene rings is 3. The van der Waals surface area contributed by atoms with E-state index in [4.69, 9.17) is 26.4 Å². The molecule has 0 radical (unpaired) electrons. The number of rotatable bonds is 9. The molecule has 0 aromatic heterocycles. The predicted molar refractivity (Wildman–Crippen MR) is 137 cm³/mol. The van der Waals surface area contributed by atoms with Crippen molar-refractivity contribution < 1.29 is 28.2 Å². The Bertz CT molecular complexity index is 1230. The van der Waals surface area contributed by atoms with Gasteiger partial charge >= 0.3 is 5.97 Å². The number of hydrogen-bond acceptors (Lipinski definition) is 6. The van der Waals surface area contributed by atoms with Crippen LogP contribution in [0.1, 0.15) is 12.0 Å². The molecule has 3 aromatic rings. The maximum Gasteiger partial charge on any atom is 0.313 e. The van der Waals surface area contributed by atoms with Gasteiger partial charge < -0.3 is 19.1 Å². The summed E-state index contributed by atoms with van der Waals surface area (Å²) in [5, 5.41) is 0.252. The molecule has 1 aliphatic rings. The van der Waals surface area contributed by atoms with Gasteiger partial charge in [-0.05, 0) is 84.9 Å². The largest absolute Gasteiger partial charge is 0.497 e. The van der Waals surface area contributed by atoms with Gasteiger partial charge in [0.2, 0.25) is 0 Å². The molecule has 0 bridgehead atoms. The Morgan fingerprint density at radius 1 is 0.889 bits per heavy atom. The quantitative estimate of drug-likeness (QED) is 0.241. The van der Waals surface area contributed by atoms with Crippen molar-refractivity contribution in [3.63, 3.8) is 0 Å². The molecule has 36 heavy (non-hydrogen) atoms. The number of esters is 1. The molecular formula is C27H25FN2O5S. The first kappa shape index (κ1) is 25.1. The highest BCUT2D eigenvalue weighted by Gasteiger charge is 2.44. The smallest absolute Gasteiger partial charge is 0.313 e. The van der Waals surface area contributed by atoms with Crippen LogP contribution in [0.4, 0.5) is 10.1 Å². The summed E-state index contributed by atoms with van der Waals surface area (Å²) in [6, 6.07) is 18.8. The van der Waals surface area contributed by atoms with Crippen molar-refractivity contribution in [1.82, 2.24) is 4.90 Å². The summed E-state index contributed by atoms with van der Waals surface area (Å²) in [6.07, 6.45) is 0.379. The summed E-state index contributed by atoms with van der Waals surface area (Å²) in [4.78, 5) is 29.3. The molecule has 0 aliphatic carbocycles. The van der Waals surface area contributed by atoms with Crippen LogP contribution in [0.25, 0.3) is 0 Å². The summed E-state index contributed by atoms with van der Waals surface area (Å²) >= 11 is 5.65. The molecule has 1 heterocycles. The lowest BCUT2D eigenvalue weighted by Crippen LogP contribution is -2.38. The lowest BCUT2D eigenvalue weighted by molar-refractivity contribution is -0.137. The van der Waals surface area contributed by atoms with Gasteiger partial charge in [-0.3, -0.25) is 14.5 Å². The van der Waals surface area contributed by atoms with E-state index in [1.807, 2.05) is 24.3 Å². The molecule has 9 heteroatoms. The predicted octanol–water partition coefficient (Wildman–Crippen LogP) is 4.38. The average Bonchev–Trinajstić information content (AvgIpc) is 3.12. The molecule has 0 spiro atoms. The van der Waals surface area contributed by atoms with Crippen LogP contribution in [0.15, 0.2) is 72.8 Å². The van der Waals surface area contributed by atoms with Gasteiger partial charge in [-0.2, -0.15) is 0 Å². The van der Waals surface area contributed by atoms with Crippen LogP contribution >= 0.6 is 12.2 Å². The van der Waals surface area contributed by atoms with Crippen LogP contribution in [-0.2, 0) is 16.0 Å². The Kier molecular flexibility index (Phi) is 7.80. The third-order valence-corrected chi connectivity index (χ3v) is 6.27. The van der Waals surface area contributed by atoms with Crippen LogP contribution in [0.2, 0.25) is 0 Å². The maximum atomic E-state index is 13.5. The number of amides is 1. The minimum absolute atomic E-state index is 0.203. The highest BCUT2D eigenvalue weighted by molar-refractivity contribution is 7.80. The zero-order valence-electron chi connectivity index (χ0n) is 19.8. The van der Waals surface area contributed by atoms with E-state index in [1.54, 1.807) is 43.4 Å². The third kappa shape index (κ3) is 5.63. The van der Waals surface area contributed by atoms with Crippen molar-refractivity contribution >= 4 is 34.9 Å². The first-order valence-electron chi connectivity index (χ1n) is 11.3. The molecule has 4 rings (SSSR count). The number of anilines is 1. The van der Waals surface area contributed by atoms with Crippen molar-refractivity contribution in [2.75, 3.05) is 25.7 Å². The Labute approximate surface area is 214 Å². The van der Waals surface area contributed by atoms with E-state index in [0.717, 1.165) is 11.3 Å². The van der Waals surface area contributed by atoms with E-state index < -0.39 is 17.8 Å². The van der Waals surface area contributed by atoms with Crippen molar-refractivity contribution in [2.24, 2.45) is 0 Å². The lowest BCUT2D eigenvalue weighted by atomic mass is 10.1. The Hall–Kier alpha value is -3.98. The number of methoxy groups -OCH3 is 2. The molecule has 7 nitrogen and oxygen atoms in total. The van der Waals surface area contributed by atoms with Gasteiger partial charge in [-0.1, -0.05) is 12.1 Å². The van der Waals surface area contributed by atoms with Crippen LogP contribution < -0.4 is 19.1 Å². The van der Waals surface area contributed by atoms with E-state index >= 15 is 0 Å². The van der Waals surface area contributed by atoms with E-state index in [0.29, 0.717) is 30.2 Å². The molecule has 1 aliphatic heterocycles. The molecule has 1 unspecified atom stereocenters. The minimum atomic E-state index is -0.855. The van der Waals surface area contributed by atoms with E-state index in [2.05, 4.69) is 0 Å². The topological polar surface area (TPSA) is 68.3 Å². The second kappa shape index (κ2) is 11.2. The van der Waals surface area contributed by atoms with Gasteiger partial charge in [0.15, 0.2) is 5.11 Å². The first-order chi connectivity index (χ1) is 17.4. The first-order valence-corrected chi connectivity index (χ1v) is 11.7. The van der Waals surface area contributed by atoms with Crippen LogP contribution in [0, 0.1) is 5.82 Å². The normalized spacial score (nSPS) is 15.2. The van der Waals surface area contributed by atoms with Crippen molar-refractivity contribution in [3.05, 3.63) is 84.2 Å². The van der Waals surface area contributed by atoms with Gasteiger partial charge in [0.1, 0.15) is 29.1 Å². The van der Waals surface area contributed by atoms with Crippen molar-refractivity contribution in [3.8, 4) is 17.2 Å². The second-order valence-electron chi connectivity index (χ2n) is 8.09. The summed E-state index contributed by atoms with van der Waals surface area (Å²) < 4.78 is 29.3. The third-order valence-electron chi connectivity index (χ3n) is 5.86. The summed E-state index contributed by atoms with van der Waals surface area (Å²) in [6.45, 7) is 0.398. The lowest BCUT2D eigenvalue weighted by Gasteiger charge is -2.23. The molecule has 1 atom stereocenters. The fourth-order valence-corrected chi connectivity index (χ4v) is 4.35. The number of halogens is 1. The van der Waals surface area contributed by atoms with Crippen LogP contribution in [-0.4, -0.2) is 48.7 Å². The van der Waals surface area contributed by atoms with Gasteiger partial charge in [0.25, 0.3) is 5.91 Å². The molecule has 186 valence electrons. The SMILES string of the molecule is COc1ccc(CCN2C(=S)N(c3ccc(F)cc3)C(=O)C2CC(=O)Oc2ccc(OC)cc2)cc1. The zero-order valence-corrected chi connectivity index (χ0v) is 20.7. The highest BCUT2D eigenvalue weighted by atomic mass is 32.1. The maximum absolute atomic E-state index is 13.5. The number of thiocarbonyl (C=S) groups is 1. The average molecular weight is 509 g/mol. The van der Waals surface area contributed by atoms with E-state index in [1.165, 1.54) is 29.2 Å². The molecule has 3 aromatic carbocycles. The van der Waals surface area contributed by atoms with Gasteiger partial charge in [0, 0.05) is 6.54 Å². The molecular weight excluding hydrogens is 483 g/mol. The number of carbonyl (C=O) groups is 2.